The molecule has 0 spiro atoms. The fraction of sp³-hybridized carbons (Fsp3) is 0.500. The Kier molecular flexibility index (Phi) is 5.36. The first kappa shape index (κ1) is 13.4. The van der Waals surface area contributed by atoms with Crippen LogP contribution in [0.2, 0.25) is 0 Å². The van der Waals surface area contributed by atoms with E-state index in [9.17, 15) is 0 Å². The molecule has 0 aliphatic carbocycles. The Balaban J connectivity index is 2.38. The van der Waals surface area contributed by atoms with Gasteiger partial charge in [0, 0.05) is 18.5 Å². The zero-order valence-corrected chi connectivity index (χ0v) is 10.9. The molecule has 3 N–H and O–H groups in total. The van der Waals surface area contributed by atoms with Gasteiger partial charge >= 0.3 is 0 Å². The molecule has 7 heteroatoms. The highest BCUT2D eigenvalue weighted by Gasteiger charge is 2.07. The third-order valence-corrected chi connectivity index (χ3v) is 3.20. The summed E-state index contributed by atoms with van der Waals surface area (Å²) < 4.78 is 0. The number of hydrogen-bond donors (Lipinski definition) is 3. The van der Waals surface area contributed by atoms with Crippen molar-refractivity contribution in [3.8, 4) is 6.19 Å². The molecule has 0 radical (unpaired) electrons. The summed E-state index contributed by atoms with van der Waals surface area (Å²) in [6.07, 6.45) is 3.53. The van der Waals surface area contributed by atoms with Crippen molar-refractivity contribution >= 4 is 17.7 Å². The summed E-state index contributed by atoms with van der Waals surface area (Å²) >= 11 is 1.69. The molecule has 1 rings (SSSR count). The molecular formula is C10H16N6S. The Morgan fingerprint density at radius 1 is 1.76 bits per heavy atom. The van der Waals surface area contributed by atoms with Crippen LogP contribution < -0.4 is 10.6 Å². The number of nitrogens with one attached hydrogen (secondary N) is 3. The molecule has 92 valence electrons. The number of aliphatic imine (C=N–C) groups is 1. The smallest absolute Gasteiger partial charge is 0.205 e. The maximum Gasteiger partial charge on any atom is 0.205 e. The molecule has 0 fully saturated rings. The van der Waals surface area contributed by atoms with Crippen LogP contribution in [0, 0.1) is 18.4 Å². The van der Waals surface area contributed by atoms with E-state index in [0.29, 0.717) is 5.96 Å². The number of aryl methyl sites for hydroxylation is 1. The van der Waals surface area contributed by atoms with Crippen molar-refractivity contribution in [3.63, 3.8) is 0 Å². The fourth-order valence-electron chi connectivity index (χ4n) is 1.18. The normalized spacial score (nSPS) is 12.9. The van der Waals surface area contributed by atoms with Crippen molar-refractivity contribution in [3.05, 3.63) is 17.7 Å². The van der Waals surface area contributed by atoms with Crippen molar-refractivity contribution in [1.82, 2.24) is 20.6 Å². The van der Waals surface area contributed by atoms with E-state index in [4.69, 9.17) is 5.26 Å². The topological polar surface area (TPSA) is 88.9 Å². The second-order valence-electron chi connectivity index (χ2n) is 3.38. The number of guanidine groups is 1. The van der Waals surface area contributed by atoms with Crippen LogP contribution >= 0.6 is 11.8 Å². The standard InChI is InChI=1S/C10H16N6S/c1-7-9(15-6-14-7)4-17-8(2)16-10(12-3)13-5-11/h6,8H,4H2,1-3H3,(H,14,15)(H2,12,13,16). The van der Waals surface area contributed by atoms with E-state index in [1.54, 1.807) is 25.1 Å². The molecule has 0 aliphatic rings. The lowest BCUT2D eigenvalue weighted by molar-refractivity contribution is 0.865. The summed E-state index contributed by atoms with van der Waals surface area (Å²) in [5.41, 5.74) is 2.14. The number of aromatic nitrogens is 2. The molecule has 17 heavy (non-hydrogen) atoms. The minimum absolute atomic E-state index is 0.144. The van der Waals surface area contributed by atoms with Crippen molar-refractivity contribution in [2.24, 2.45) is 4.99 Å². The largest absolute Gasteiger partial charge is 0.348 e. The zero-order valence-electron chi connectivity index (χ0n) is 10.1. The number of nitrogens with zero attached hydrogens (tertiary/aromatic N) is 3. The van der Waals surface area contributed by atoms with Crippen LogP contribution in [0.1, 0.15) is 18.3 Å². The van der Waals surface area contributed by atoms with E-state index < -0.39 is 0 Å². The molecular weight excluding hydrogens is 236 g/mol. The molecule has 0 saturated carbocycles. The summed E-state index contributed by atoms with van der Waals surface area (Å²) in [4.78, 5) is 11.2. The average Bonchev–Trinajstić information content (AvgIpc) is 2.71. The zero-order chi connectivity index (χ0) is 12.7. The molecule has 1 aromatic heterocycles. The Morgan fingerprint density at radius 3 is 3.06 bits per heavy atom. The van der Waals surface area contributed by atoms with Crippen LogP contribution in [0.4, 0.5) is 0 Å². The Bertz CT molecular complexity index is 419. The summed E-state index contributed by atoms with van der Waals surface area (Å²) in [7, 11) is 1.63. The van der Waals surface area contributed by atoms with Crippen molar-refractivity contribution in [2.45, 2.75) is 25.0 Å². The minimum atomic E-state index is 0.144. The van der Waals surface area contributed by atoms with Gasteiger partial charge in [-0.05, 0) is 13.8 Å². The highest BCUT2D eigenvalue weighted by molar-refractivity contribution is 7.99. The average molecular weight is 252 g/mol. The van der Waals surface area contributed by atoms with Crippen LogP contribution in [0.3, 0.4) is 0 Å². The number of rotatable bonds is 4. The predicted octanol–water partition coefficient (Wildman–Crippen LogP) is 0.943. The van der Waals surface area contributed by atoms with Gasteiger partial charge < -0.3 is 10.3 Å². The summed E-state index contributed by atoms with van der Waals surface area (Å²) in [6.45, 7) is 4.01. The third-order valence-electron chi connectivity index (χ3n) is 2.14. The predicted molar refractivity (Wildman–Crippen MR) is 69.3 cm³/mol. The Hall–Kier alpha value is -1.68. The highest BCUT2D eigenvalue weighted by Crippen LogP contribution is 2.15. The SMILES string of the molecule is CN=C(NC#N)NC(C)SCc1nc[nH]c1C. The molecule has 1 unspecified atom stereocenters. The molecule has 1 atom stereocenters. The van der Waals surface area contributed by atoms with E-state index in [1.807, 2.05) is 20.0 Å². The van der Waals surface area contributed by atoms with Gasteiger partial charge in [-0.2, -0.15) is 5.26 Å². The number of H-pyrrole nitrogens is 1. The lowest BCUT2D eigenvalue weighted by Crippen LogP contribution is -2.38. The third kappa shape index (κ3) is 4.36. The van der Waals surface area contributed by atoms with Crippen molar-refractivity contribution in [1.29, 1.82) is 5.26 Å². The number of aromatic amines is 1. The van der Waals surface area contributed by atoms with Crippen LogP contribution in [-0.4, -0.2) is 28.3 Å². The first-order valence-electron chi connectivity index (χ1n) is 5.16. The van der Waals surface area contributed by atoms with Crippen LogP contribution in [0.25, 0.3) is 0 Å². The van der Waals surface area contributed by atoms with Gasteiger partial charge in [-0.25, -0.2) is 4.98 Å². The highest BCUT2D eigenvalue weighted by atomic mass is 32.2. The molecule has 6 nitrogen and oxygen atoms in total. The molecule has 1 aromatic rings. The lowest BCUT2D eigenvalue weighted by Gasteiger charge is -2.14. The van der Waals surface area contributed by atoms with Gasteiger partial charge in [-0.1, -0.05) is 0 Å². The Morgan fingerprint density at radius 2 is 2.53 bits per heavy atom. The van der Waals surface area contributed by atoms with E-state index >= 15 is 0 Å². The second kappa shape index (κ2) is 6.81. The first-order valence-corrected chi connectivity index (χ1v) is 6.21. The van der Waals surface area contributed by atoms with Gasteiger partial charge in [0.25, 0.3) is 0 Å². The fourth-order valence-corrected chi connectivity index (χ4v) is 2.07. The van der Waals surface area contributed by atoms with E-state index in [0.717, 1.165) is 17.1 Å². The van der Waals surface area contributed by atoms with Crippen LogP contribution in [-0.2, 0) is 5.75 Å². The van der Waals surface area contributed by atoms with Gasteiger partial charge in [0.1, 0.15) is 0 Å². The van der Waals surface area contributed by atoms with E-state index in [1.165, 1.54) is 0 Å². The Labute approximate surface area is 105 Å². The molecule has 0 saturated heterocycles. The molecule has 0 bridgehead atoms. The van der Waals surface area contributed by atoms with Crippen LogP contribution in [0.5, 0.6) is 0 Å². The van der Waals surface area contributed by atoms with Gasteiger partial charge in [-0.15, -0.1) is 11.8 Å². The summed E-state index contributed by atoms with van der Waals surface area (Å²) in [5.74, 6) is 1.29. The van der Waals surface area contributed by atoms with Crippen molar-refractivity contribution < 1.29 is 0 Å². The van der Waals surface area contributed by atoms with Gasteiger partial charge in [0.15, 0.2) is 6.19 Å². The van der Waals surface area contributed by atoms with Crippen LogP contribution in [0.15, 0.2) is 11.3 Å². The second-order valence-corrected chi connectivity index (χ2v) is 4.71. The van der Waals surface area contributed by atoms with E-state index in [2.05, 4.69) is 25.6 Å². The van der Waals surface area contributed by atoms with Gasteiger partial charge in [0.2, 0.25) is 5.96 Å². The first-order chi connectivity index (χ1) is 8.17. The minimum Gasteiger partial charge on any atom is -0.348 e. The van der Waals surface area contributed by atoms with Crippen molar-refractivity contribution in [2.75, 3.05) is 7.05 Å². The molecule has 1 heterocycles. The summed E-state index contributed by atoms with van der Waals surface area (Å²) in [6, 6.07) is 0. The maximum atomic E-state index is 8.49. The monoisotopic (exact) mass is 252 g/mol. The lowest BCUT2D eigenvalue weighted by atomic mass is 10.4. The molecule has 0 aromatic carbocycles. The number of imidazole rings is 1. The molecule has 0 aliphatic heterocycles. The number of nitriles is 1. The van der Waals surface area contributed by atoms with Gasteiger partial charge in [-0.3, -0.25) is 10.3 Å². The summed E-state index contributed by atoms with van der Waals surface area (Å²) in [5, 5.41) is 14.2. The quantitative estimate of drug-likeness (QED) is 0.244. The van der Waals surface area contributed by atoms with Gasteiger partial charge in [0.05, 0.1) is 17.4 Å². The van der Waals surface area contributed by atoms with E-state index in [-0.39, 0.29) is 5.37 Å². The molecule has 0 amide bonds. The number of thioether (sulfide) groups is 1. The maximum absolute atomic E-state index is 8.49. The number of hydrogen-bond acceptors (Lipinski definition) is 4.